The summed E-state index contributed by atoms with van der Waals surface area (Å²) in [7, 11) is 1.35. The van der Waals surface area contributed by atoms with Gasteiger partial charge in [0.2, 0.25) is 0 Å². The van der Waals surface area contributed by atoms with Crippen LogP contribution >= 0.6 is 0 Å². The fraction of sp³-hybridized carbons (Fsp3) is 0.444. The average Bonchev–Trinajstić information content (AvgIpc) is 2.84. The third-order valence-corrected chi connectivity index (χ3v) is 3.68. The number of carbonyl (C=O) groups is 2. The molecule has 1 N–H and O–H groups in total. The molecule has 1 aliphatic heterocycles. The molecule has 0 aliphatic carbocycles. The van der Waals surface area contributed by atoms with E-state index in [1.54, 1.807) is 58.9 Å². The maximum absolute atomic E-state index is 13.2. The van der Waals surface area contributed by atoms with Crippen LogP contribution in [0.3, 0.4) is 0 Å². The lowest BCUT2D eigenvalue weighted by Crippen LogP contribution is -2.57. The molecular weight excluding hydrogens is 352 g/mol. The lowest BCUT2D eigenvalue weighted by Gasteiger charge is -2.28. The first-order chi connectivity index (χ1) is 12.6. The van der Waals surface area contributed by atoms with Gasteiger partial charge in [-0.1, -0.05) is 23.4 Å². The molecule has 9 heteroatoms. The van der Waals surface area contributed by atoms with Crippen molar-refractivity contribution in [3.63, 3.8) is 0 Å². The van der Waals surface area contributed by atoms with E-state index in [-0.39, 0.29) is 11.4 Å². The number of amides is 2. The molecule has 0 bridgehead atoms. The Hall–Kier alpha value is -2.94. The third kappa shape index (κ3) is 4.25. The van der Waals surface area contributed by atoms with Gasteiger partial charge in [-0.25, -0.2) is 9.63 Å². The number of oxime groups is 1. The second-order valence-electron chi connectivity index (χ2n) is 6.88. The molecule has 0 fully saturated rings. The lowest BCUT2D eigenvalue weighted by atomic mass is 9.93. The van der Waals surface area contributed by atoms with Gasteiger partial charge in [-0.3, -0.25) is 4.79 Å². The van der Waals surface area contributed by atoms with Gasteiger partial charge in [0.05, 0.1) is 11.4 Å². The Morgan fingerprint density at radius 2 is 1.89 bits per heavy atom. The SMILES string of the molecule is CO/N=C(\C)C1(ONC(=O)OC(C)(C)C)C(=O)N(c2ccccc2)N=C1C. The van der Waals surface area contributed by atoms with Crippen LogP contribution in [-0.4, -0.2) is 41.7 Å². The number of nitrogens with zero attached hydrogens (tertiary/aromatic N) is 3. The summed E-state index contributed by atoms with van der Waals surface area (Å²) in [6.07, 6.45) is -0.842. The summed E-state index contributed by atoms with van der Waals surface area (Å²) in [5.74, 6) is -0.541. The Bertz CT molecular complexity index is 770. The van der Waals surface area contributed by atoms with Crippen LogP contribution in [-0.2, 0) is 19.2 Å². The fourth-order valence-corrected chi connectivity index (χ4v) is 2.54. The lowest BCUT2D eigenvalue weighted by molar-refractivity contribution is -0.133. The van der Waals surface area contributed by atoms with E-state index in [1.807, 2.05) is 6.07 Å². The van der Waals surface area contributed by atoms with Crippen molar-refractivity contribution in [3.05, 3.63) is 30.3 Å². The predicted octanol–water partition coefficient (Wildman–Crippen LogP) is 2.63. The first kappa shape index (κ1) is 20.4. The van der Waals surface area contributed by atoms with E-state index in [0.717, 1.165) is 0 Å². The van der Waals surface area contributed by atoms with Crippen molar-refractivity contribution in [2.75, 3.05) is 12.1 Å². The number of ether oxygens (including phenoxy) is 1. The molecule has 1 atom stereocenters. The Morgan fingerprint density at radius 3 is 2.44 bits per heavy atom. The smallest absolute Gasteiger partial charge is 0.431 e. The molecule has 0 saturated heterocycles. The highest BCUT2D eigenvalue weighted by atomic mass is 16.7. The van der Waals surface area contributed by atoms with Crippen molar-refractivity contribution in [1.82, 2.24) is 5.48 Å². The van der Waals surface area contributed by atoms with Crippen LogP contribution in [0.5, 0.6) is 0 Å². The molecule has 0 radical (unpaired) electrons. The van der Waals surface area contributed by atoms with Gasteiger partial charge >= 0.3 is 6.09 Å². The number of anilines is 1. The standard InChI is InChI=1S/C18H24N4O5/c1-12-18(13(2)20-25-6,27-21-16(24)26-17(3,4)5)15(23)22(19-12)14-10-8-7-9-11-14/h7-11H,1-6H3,(H,21,24)/b20-13+. The number of nitrogens with one attached hydrogen (secondary N) is 1. The molecule has 1 aromatic rings. The molecule has 27 heavy (non-hydrogen) atoms. The monoisotopic (exact) mass is 376 g/mol. The third-order valence-electron chi connectivity index (χ3n) is 3.68. The fourth-order valence-electron chi connectivity index (χ4n) is 2.54. The van der Waals surface area contributed by atoms with Crippen molar-refractivity contribution in [2.24, 2.45) is 10.3 Å². The van der Waals surface area contributed by atoms with E-state index in [4.69, 9.17) is 14.4 Å². The summed E-state index contributed by atoms with van der Waals surface area (Å²) in [5, 5.41) is 9.32. The molecule has 9 nitrogen and oxygen atoms in total. The summed E-state index contributed by atoms with van der Waals surface area (Å²) in [6.45, 7) is 8.29. The summed E-state index contributed by atoms with van der Waals surface area (Å²) in [4.78, 5) is 35.6. The van der Waals surface area contributed by atoms with Crippen LogP contribution in [0.1, 0.15) is 34.6 Å². The molecule has 1 unspecified atom stereocenters. The van der Waals surface area contributed by atoms with Crippen LogP contribution in [0.25, 0.3) is 0 Å². The maximum atomic E-state index is 13.2. The summed E-state index contributed by atoms with van der Waals surface area (Å²) in [6, 6.07) is 8.85. The molecule has 0 aromatic heterocycles. The zero-order valence-corrected chi connectivity index (χ0v) is 16.3. The van der Waals surface area contributed by atoms with Crippen molar-refractivity contribution in [1.29, 1.82) is 0 Å². The Labute approximate surface area is 157 Å². The van der Waals surface area contributed by atoms with E-state index < -0.39 is 23.2 Å². The number of benzene rings is 1. The number of hydrogen-bond acceptors (Lipinski definition) is 7. The molecule has 1 aliphatic rings. The van der Waals surface area contributed by atoms with Gasteiger partial charge in [-0.2, -0.15) is 15.6 Å². The van der Waals surface area contributed by atoms with E-state index in [2.05, 4.69) is 15.7 Å². The molecule has 2 rings (SSSR count). The number of hydrazone groups is 1. The van der Waals surface area contributed by atoms with Gasteiger partial charge in [0.1, 0.15) is 18.4 Å². The van der Waals surface area contributed by atoms with Crippen LogP contribution in [0.15, 0.2) is 40.6 Å². The first-order valence-electron chi connectivity index (χ1n) is 8.32. The highest BCUT2D eigenvalue weighted by molar-refractivity contribution is 6.35. The summed E-state index contributed by atoms with van der Waals surface area (Å²) >= 11 is 0. The zero-order valence-electron chi connectivity index (χ0n) is 16.3. The van der Waals surface area contributed by atoms with Crippen LogP contribution < -0.4 is 10.5 Å². The zero-order chi connectivity index (χ0) is 20.2. The number of rotatable bonds is 5. The van der Waals surface area contributed by atoms with Gasteiger partial charge < -0.3 is 9.57 Å². The minimum atomic E-state index is -1.75. The molecule has 0 spiro atoms. The summed E-state index contributed by atoms with van der Waals surface area (Å²) < 4.78 is 5.15. The van der Waals surface area contributed by atoms with Crippen molar-refractivity contribution in [3.8, 4) is 0 Å². The molecule has 146 valence electrons. The normalized spacial score (nSPS) is 20.4. The number of hydrogen-bond donors (Lipinski definition) is 1. The molecule has 1 aromatic carbocycles. The predicted molar refractivity (Wildman–Crippen MR) is 100 cm³/mol. The molecule has 1 heterocycles. The van der Waals surface area contributed by atoms with E-state index in [0.29, 0.717) is 5.69 Å². The van der Waals surface area contributed by atoms with Gasteiger partial charge in [-0.05, 0) is 46.8 Å². The van der Waals surface area contributed by atoms with Gasteiger partial charge in [0, 0.05) is 0 Å². The second kappa shape index (κ2) is 7.75. The Kier molecular flexibility index (Phi) is 5.85. The number of hydroxylamine groups is 1. The molecule has 0 saturated carbocycles. The van der Waals surface area contributed by atoms with Gasteiger partial charge in [0.25, 0.3) is 11.5 Å². The van der Waals surface area contributed by atoms with Crippen LogP contribution in [0.4, 0.5) is 10.5 Å². The second-order valence-corrected chi connectivity index (χ2v) is 6.88. The quantitative estimate of drug-likeness (QED) is 0.629. The van der Waals surface area contributed by atoms with Crippen LogP contribution in [0.2, 0.25) is 0 Å². The Morgan fingerprint density at radius 1 is 1.26 bits per heavy atom. The largest absolute Gasteiger partial charge is 0.442 e. The number of para-hydroxylation sites is 1. The molecule has 2 amide bonds. The number of carbonyl (C=O) groups excluding carboxylic acids is 2. The van der Waals surface area contributed by atoms with E-state index >= 15 is 0 Å². The highest BCUT2D eigenvalue weighted by Crippen LogP contribution is 2.30. The minimum absolute atomic E-state index is 0.172. The van der Waals surface area contributed by atoms with Crippen molar-refractivity contribution < 1.29 is 24.0 Å². The topological polar surface area (TPSA) is 102 Å². The van der Waals surface area contributed by atoms with Crippen LogP contribution in [0, 0.1) is 0 Å². The summed E-state index contributed by atoms with van der Waals surface area (Å²) in [5.41, 5.74) is 0.700. The van der Waals surface area contributed by atoms with E-state index in [9.17, 15) is 9.59 Å². The first-order valence-corrected chi connectivity index (χ1v) is 8.32. The minimum Gasteiger partial charge on any atom is -0.442 e. The Balaban J connectivity index is 2.35. The highest BCUT2D eigenvalue weighted by Gasteiger charge is 2.55. The van der Waals surface area contributed by atoms with E-state index in [1.165, 1.54) is 12.1 Å². The molecular formula is C18H24N4O5. The van der Waals surface area contributed by atoms with Crippen molar-refractivity contribution >= 4 is 29.1 Å². The van der Waals surface area contributed by atoms with Gasteiger partial charge in [0.15, 0.2) is 0 Å². The van der Waals surface area contributed by atoms with Gasteiger partial charge in [-0.15, -0.1) is 0 Å². The maximum Gasteiger partial charge on any atom is 0.431 e. The average molecular weight is 376 g/mol. The van der Waals surface area contributed by atoms with Crippen molar-refractivity contribution in [2.45, 2.75) is 45.8 Å².